The molecule has 0 bridgehead atoms. The van der Waals surface area contributed by atoms with Crippen LogP contribution in [0.5, 0.6) is 0 Å². The van der Waals surface area contributed by atoms with Crippen molar-refractivity contribution in [3.8, 4) is 0 Å². The van der Waals surface area contributed by atoms with Crippen LogP contribution in [-0.4, -0.2) is 12.1 Å². The maximum atomic E-state index is 2.74. The molecule has 0 saturated carbocycles. The maximum absolute atomic E-state index is 2.74. The van der Waals surface area contributed by atoms with Gasteiger partial charge in [-0.1, -0.05) is 0 Å². The molecule has 2 aromatic rings. The van der Waals surface area contributed by atoms with Crippen molar-refractivity contribution < 1.29 is 52.4 Å². The van der Waals surface area contributed by atoms with Crippen LogP contribution in [-0.2, 0) is 18.5 Å². The molecule has 1 aliphatic heterocycles. The smallest absolute Gasteiger partial charge is 1.00 e. The fourth-order valence-electron chi connectivity index (χ4n) is 4.50. The number of anilines is 2. The van der Waals surface area contributed by atoms with E-state index in [2.05, 4.69) is 113 Å². The van der Waals surface area contributed by atoms with Crippen LogP contribution >= 0.6 is 0 Å². The standard InChI is InChI=1S/C28H42N2.2BrH.Pd/c1-17(2)23-13-11-14-24(18(3)4)27(23)29-21(9)22(10)30-28-25(19(5)6)15-12-16-26(28)20(7)8;;;/h11-22H,1-10H3;2*1H;/q-2;;;+4/p-2. The number of hydrogen-bond donors (Lipinski definition) is 0. The van der Waals surface area contributed by atoms with Gasteiger partial charge in [-0.25, -0.2) is 0 Å². The summed E-state index contributed by atoms with van der Waals surface area (Å²) in [5.41, 5.74) is 8.96. The molecule has 2 nitrogen and oxygen atoms in total. The average Bonchev–Trinajstić information content (AvgIpc) is 3.00. The Hall–Kier alpha value is -0.338. The van der Waals surface area contributed by atoms with E-state index in [9.17, 15) is 0 Å². The van der Waals surface area contributed by atoms with Crippen LogP contribution in [0.1, 0.15) is 115 Å². The zero-order chi connectivity index (χ0) is 23.0. The first-order valence-electron chi connectivity index (χ1n) is 12.0. The monoisotopic (exact) mass is 670 g/mol. The molecule has 188 valence electrons. The quantitative estimate of drug-likeness (QED) is 0.435. The van der Waals surface area contributed by atoms with E-state index < -0.39 is 0 Å². The Morgan fingerprint density at radius 1 is 0.545 bits per heavy atom. The molecule has 1 heterocycles. The van der Waals surface area contributed by atoms with E-state index in [1.54, 1.807) is 0 Å². The van der Waals surface area contributed by atoms with Crippen molar-refractivity contribution in [1.82, 2.24) is 0 Å². The molecule has 2 atom stereocenters. The van der Waals surface area contributed by atoms with Gasteiger partial charge in [-0.3, -0.25) is 0 Å². The summed E-state index contributed by atoms with van der Waals surface area (Å²) in [4.78, 5) is 0. The SMILES string of the molecule is CC(C)c1cccc(C(C)C)c1[N]1[Pd+2][N](c2c(C(C)C)cccc2C(C)C)C(C)C1C.[Br-].[Br-]. The third-order valence-corrected chi connectivity index (χ3v) is 9.22. The third kappa shape index (κ3) is 6.08. The summed E-state index contributed by atoms with van der Waals surface area (Å²) in [7, 11) is 0. The Balaban J connectivity index is 0.00000272. The average molecular weight is 673 g/mol. The molecular weight excluding hydrogens is 631 g/mol. The predicted molar refractivity (Wildman–Crippen MR) is 133 cm³/mol. The molecule has 0 aliphatic carbocycles. The summed E-state index contributed by atoms with van der Waals surface area (Å²) >= 11 is 0.370. The molecule has 3 rings (SSSR count). The van der Waals surface area contributed by atoms with Crippen LogP contribution in [0, 0.1) is 0 Å². The summed E-state index contributed by atoms with van der Waals surface area (Å²) in [6.45, 7) is 23.5. The van der Waals surface area contributed by atoms with Crippen molar-refractivity contribution >= 4 is 11.4 Å². The fourth-order valence-corrected chi connectivity index (χ4v) is 7.21. The first kappa shape index (κ1) is 30.7. The Morgan fingerprint density at radius 3 is 1.00 bits per heavy atom. The van der Waals surface area contributed by atoms with Crippen molar-refractivity contribution in [2.75, 3.05) is 7.07 Å². The van der Waals surface area contributed by atoms with Gasteiger partial charge in [-0.2, -0.15) is 0 Å². The Morgan fingerprint density at radius 2 is 0.788 bits per heavy atom. The van der Waals surface area contributed by atoms with Crippen molar-refractivity contribution in [3.05, 3.63) is 58.7 Å². The van der Waals surface area contributed by atoms with E-state index in [0.717, 1.165) is 0 Å². The number of benzene rings is 2. The molecular formula is C28H42Br2N2Pd. The number of para-hydroxylation sites is 2. The summed E-state index contributed by atoms with van der Waals surface area (Å²) < 4.78 is 5.48. The molecule has 2 aromatic carbocycles. The number of hydrogen-bond acceptors (Lipinski definition) is 2. The van der Waals surface area contributed by atoms with Crippen molar-refractivity contribution in [2.45, 2.75) is 105 Å². The van der Waals surface area contributed by atoms with Crippen LogP contribution in [0.25, 0.3) is 0 Å². The van der Waals surface area contributed by atoms with Gasteiger partial charge >= 0.3 is 201 Å². The fraction of sp³-hybridized carbons (Fsp3) is 0.571. The number of nitrogens with zero attached hydrogens (tertiary/aromatic N) is 2. The van der Waals surface area contributed by atoms with E-state index >= 15 is 0 Å². The van der Waals surface area contributed by atoms with Crippen molar-refractivity contribution in [1.29, 1.82) is 0 Å². The summed E-state index contributed by atoms with van der Waals surface area (Å²) in [6.07, 6.45) is 0. The van der Waals surface area contributed by atoms with E-state index in [0.29, 0.717) is 54.2 Å². The number of halogens is 2. The molecule has 0 N–H and O–H groups in total. The summed E-state index contributed by atoms with van der Waals surface area (Å²) in [5, 5.41) is 0. The normalized spacial score (nSPS) is 18.6. The van der Waals surface area contributed by atoms with Crippen LogP contribution in [0.4, 0.5) is 11.4 Å². The van der Waals surface area contributed by atoms with Gasteiger partial charge in [-0.15, -0.1) is 0 Å². The van der Waals surface area contributed by atoms with Gasteiger partial charge in [-0.05, 0) is 0 Å². The Bertz CT molecular complexity index is 785. The zero-order valence-electron chi connectivity index (χ0n) is 21.9. The minimum Gasteiger partial charge on any atom is -1.00 e. The second kappa shape index (κ2) is 12.6. The second-order valence-corrected chi connectivity index (χ2v) is 12.1. The summed E-state index contributed by atoms with van der Waals surface area (Å²) in [6, 6.07) is 14.9. The van der Waals surface area contributed by atoms with Gasteiger partial charge in [0.15, 0.2) is 0 Å². The molecule has 0 aromatic heterocycles. The first-order chi connectivity index (χ1) is 14.6. The molecule has 33 heavy (non-hydrogen) atoms. The largest absolute Gasteiger partial charge is 1.00 e. The molecule has 2 unspecified atom stereocenters. The van der Waals surface area contributed by atoms with Gasteiger partial charge in [0.25, 0.3) is 0 Å². The van der Waals surface area contributed by atoms with E-state index in [-0.39, 0.29) is 34.0 Å². The molecule has 0 radical (unpaired) electrons. The minimum atomic E-state index is 0. The van der Waals surface area contributed by atoms with Crippen LogP contribution in [0.15, 0.2) is 36.4 Å². The number of rotatable bonds is 6. The molecule has 5 heteroatoms. The Kier molecular flexibility index (Phi) is 11.7. The first-order valence-corrected chi connectivity index (χ1v) is 13.4. The van der Waals surface area contributed by atoms with Gasteiger partial charge < -0.3 is 34.0 Å². The third-order valence-electron chi connectivity index (χ3n) is 6.58. The van der Waals surface area contributed by atoms with Gasteiger partial charge in [0.2, 0.25) is 0 Å². The van der Waals surface area contributed by atoms with Crippen molar-refractivity contribution in [3.63, 3.8) is 0 Å². The van der Waals surface area contributed by atoms with E-state index in [4.69, 9.17) is 0 Å². The molecule has 0 spiro atoms. The molecule has 1 saturated heterocycles. The van der Waals surface area contributed by atoms with E-state index in [1.807, 2.05) is 0 Å². The molecule has 1 fully saturated rings. The van der Waals surface area contributed by atoms with E-state index in [1.165, 1.54) is 33.6 Å². The molecule has 0 amide bonds. The second-order valence-electron chi connectivity index (χ2n) is 10.3. The van der Waals surface area contributed by atoms with Crippen molar-refractivity contribution in [2.24, 2.45) is 0 Å². The van der Waals surface area contributed by atoms with Gasteiger partial charge in [0, 0.05) is 0 Å². The van der Waals surface area contributed by atoms with Crippen LogP contribution in [0.2, 0.25) is 0 Å². The summed E-state index contributed by atoms with van der Waals surface area (Å²) in [5.74, 6) is 2.09. The van der Waals surface area contributed by atoms with Crippen LogP contribution in [0.3, 0.4) is 0 Å². The predicted octanol–water partition coefficient (Wildman–Crippen LogP) is 2.20. The Labute approximate surface area is 233 Å². The minimum absolute atomic E-state index is 0. The topological polar surface area (TPSA) is 6.48 Å². The van der Waals surface area contributed by atoms with Gasteiger partial charge in [0.05, 0.1) is 0 Å². The zero-order valence-corrected chi connectivity index (χ0v) is 26.6. The van der Waals surface area contributed by atoms with Crippen LogP contribution < -0.4 is 41.0 Å². The maximum Gasteiger partial charge on any atom is -1.00 e. The van der Waals surface area contributed by atoms with Gasteiger partial charge in [0.1, 0.15) is 0 Å². The molecule has 1 aliphatic rings.